The van der Waals surface area contributed by atoms with Gasteiger partial charge >= 0.3 is 0 Å². The molecule has 0 atom stereocenters. The second-order valence-electron chi connectivity index (χ2n) is 3.56. The maximum absolute atomic E-state index is 11.6. The first-order chi connectivity index (χ1) is 8.97. The number of H-pyrrole nitrogens is 2. The van der Waals surface area contributed by atoms with Crippen molar-refractivity contribution in [2.45, 2.75) is 0 Å². The molecule has 0 saturated heterocycles. The van der Waals surface area contributed by atoms with Crippen molar-refractivity contribution >= 4 is 35.7 Å². The van der Waals surface area contributed by atoms with E-state index in [1.54, 1.807) is 0 Å². The van der Waals surface area contributed by atoms with Crippen molar-refractivity contribution in [2.75, 3.05) is 0 Å². The molecular formula is C11H8ClN3O3S. The average Bonchev–Trinajstić information content (AvgIpc) is 2.32. The third-order valence-electron chi connectivity index (χ3n) is 2.23. The molecule has 0 bridgehead atoms. The first-order valence-corrected chi connectivity index (χ1v) is 5.84. The predicted octanol–water partition coefficient (Wildman–Crippen LogP) is 2.25. The van der Waals surface area contributed by atoms with Crippen molar-refractivity contribution in [3.63, 3.8) is 0 Å². The van der Waals surface area contributed by atoms with Crippen LogP contribution in [-0.2, 0) is 0 Å². The predicted molar refractivity (Wildman–Crippen MR) is 74.3 cm³/mol. The fourth-order valence-corrected chi connectivity index (χ4v) is 1.69. The van der Waals surface area contributed by atoms with Gasteiger partial charge in [-0.05, 0) is 30.4 Å². The quantitative estimate of drug-likeness (QED) is 0.504. The maximum atomic E-state index is 11.6. The Balaban J connectivity index is 2.46. The number of nitrogens with zero attached hydrogens (tertiary/aromatic N) is 1. The molecule has 8 heteroatoms. The first kappa shape index (κ1) is 13.3. The smallest absolute Gasteiger partial charge is 0.264 e. The molecule has 0 spiro atoms. The summed E-state index contributed by atoms with van der Waals surface area (Å²) in [6.07, 6.45) is 1.10. The van der Waals surface area contributed by atoms with E-state index in [1.807, 2.05) is 0 Å². The van der Waals surface area contributed by atoms with Crippen LogP contribution in [0, 0.1) is 4.77 Å². The van der Waals surface area contributed by atoms with Gasteiger partial charge in [0.15, 0.2) is 4.77 Å². The molecule has 0 saturated carbocycles. The third kappa shape index (κ3) is 3.01. The highest BCUT2D eigenvalue weighted by Crippen LogP contribution is 2.29. The van der Waals surface area contributed by atoms with Crippen LogP contribution in [0.5, 0.6) is 11.6 Å². The van der Waals surface area contributed by atoms with Crippen LogP contribution < -0.4 is 5.56 Å². The zero-order chi connectivity index (χ0) is 14.0. The average molecular weight is 298 g/mol. The van der Waals surface area contributed by atoms with Gasteiger partial charge in [0.1, 0.15) is 17.0 Å². The van der Waals surface area contributed by atoms with Crippen LogP contribution in [0.2, 0.25) is 5.02 Å². The summed E-state index contributed by atoms with van der Waals surface area (Å²) in [6, 6.07) is 4.29. The number of halogens is 1. The molecule has 0 radical (unpaired) electrons. The lowest BCUT2D eigenvalue weighted by atomic mass is 10.3. The van der Waals surface area contributed by atoms with Crippen LogP contribution in [0.4, 0.5) is 5.69 Å². The highest BCUT2D eigenvalue weighted by Gasteiger charge is 2.05. The number of phenols is 1. The summed E-state index contributed by atoms with van der Waals surface area (Å²) in [7, 11) is 0. The molecule has 1 aromatic carbocycles. The number of benzene rings is 1. The van der Waals surface area contributed by atoms with Gasteiger partial charge < -0.3 is 15.2 Å². The van der Waals surface area contributed by atoms with Gasteiger partial charge in [-0.3, -0.25) is 14.8 Å². The molecule has 4 N–H and O–H groups in total. The van der Waals surface area contributed by atoms with Gasteiger partial charge in [0.25, 0.3) is 5.56 Å². The van der Waals surface area contributed by atoms with Crippen molar-refractivity contribution < 1.29 is 10.2 Å². The molecule has 1 heterocycles. The zero-order valence-electron chi connectivity index (χ0n) is 9.35. The number of hydrogen-bond donors (Lipinski definition) is 4. The monoisotopic (exact) mass is 297 g/mol. The Morgan fingerprint density at radius 1 is 1.32 bits per heavy atom. The summed E-state index contributed by atoms with van der Waals surface area (Å²) >= 11 is 10.4. The first-order valence-electron chi connectivity index (χ1n) is 5.05. The van der Waals surface area contributed by atoms with Crippen LogP contribution in [0.1, 0.15) is 5.56 Å². The molecule has 1 aromatic heterocycles. The van der Waals surface area contributed by atoms with E-state index in [1.165, 1.54) is 18.2 Å². The zero-order valence-corrected chi connectivity index (χ0v) is 10.9. The summed E-state index contributed by atoms with van der Waals surface area (Å²) in [6.45, 7) is 0. The number of hydrogen-bond acceptors (Lipinski definition) is 5. The molecule has 0 fully saturated rings. The number of aromatic hydroxyl groups is 2. The van der Waals surface area contributed by atoms with Gasteiger partial charge in [-0.1, -0.05) is 11.6 Å². The summed E-state index contributed by atoms with van der Waals surface area (Å²) in [5.41, 5.74) is -0.520. The summed E-state index contributed by atoms with van der Waals surface area (Å²) in [4.78, 5) is 20.1. The minimum absolute atomic E-state index is 0.00486. The standard InChI is InChI=1S/C11H8ClN3O3S/c12-5-1-2-8(16)7(3-5)13-4-6-9(17)14-11(19)15-10(6)18/h1-4,16H,(H3,14,15,17,18,19). The van der Waals surface area contributed by atoms with Crippen LogP contribution in [0.3, 0.4) is 0 Å². The Kier molecular flexibility index (Phi) is 3.68. The minimum atomic E-state index is -0.591. The number of aromatic nitrogens is 2. The molecule has 0 aliphatic carbocycles. The van der Waals surface area contributed by atoms with Gasteiger partial charge in [0.2, 0.25) is 5.88 Å². The summed E-state index contributed by atoms with van der Waals surface area (Å²) in [5.74, 6) is -0.501. The van der Waals surface area contributed by atoms with E-state index in [0.29, 0.717) is 5.02 Å². The Morgan fingerprint density at radius 3 is 2.74 bits per heavy atom. The van der Waals surface area contributed by atoms with E-state index < -0.39 is 11.4 Å². The van der Waals surface area contributed by atoms with E-state index in [9.17, 15) is 15.0 Å². The molecule has 0 aliphatic heterocycles. The Morgan fingerprint density at radius 2 is 2.05 bits per heavy atom. The van der Waals surface area contributed by atoms with Crippen molar-refractivity contribution in [3.05, 3.63) is 43.9 Å². The van der Waals surface area contributed by atoms with Crippen LogP contribution in [0.25, 0.3) is 0 Å². The van der Waals surface area contributed by atoms with E-state index in [4.69, 9.17) is 11.6 Å². The lowest BCUT2D eigenvalue weighted by Gasteiger charge is -2.00. The van der Waals surface area contributed by atoms with E-state index >= 15 is 0 Å². The molecule has 2 aromatic rings. The number of aliphatic imine (C=N–C) groups is 1. The lowest BCUT2D eigenvalue weighted by molar-refractivity contribution is 0.449. The number of aromatic amines is 2. The number of nitrogens with one attached hydrogen (secondary N) is 2. The minimum Gasteiger partial charge on any atom is -0.506 e. The highest BCUT2D eigenvalue weighted by molar-refractivity contribution is 7.71. The maximum Gasteiger partial charge on any atom is 0.264 e. The fourth-order valence-electron chi connectivity index (χ4n) is 1.34. The van der Waals surface area contributed by atoms with Crippen molar-refractivity contribution in [2.24, 2.45) is 4.99 Å². The lowest BCUT2D eigenvalue weighted by Crippen LogP contribution is -2.13. The molecule has 6 nitrogen and oxygen atoms in total. The Hall–Kier alpha value is -2.12. The second-order valence-corrected chi connectivity index (χ2v) is 4.41. The van der Waals surface area contributed by atoms with Crippen molar-refractivity contribution in [1.82, 2.24) is 9.97 Å². The third-order valence-corrected chi connectivity index (χ3v) is 2.67. The molecule has 0 amide bonds. The summed E-state index contributed by atoms with van der Waals surface area (Å²) < 4.78 is 0.00486. The van der Waals surface area contributed by atoms with Gasteiger partial charge in [0, 0.05) is 11.2 Å². The summed E-state index contributed by atoms with van der Waals surface area (Å²) in [5, 5.41) is 19.5. The van der Waals surface area contributed by atoms with Gasteiger partial charge in [-0.25, -0.2) is 0 Å². The molecule has 0 aliphatic rings. The molecule has 19 heavy (non-hydrogen) atoms. The molecule has 98 valence electrons. The van der Waals surface area contributed by atoms with E-state index in [-0.39, 0.29) is 21.8 Å². The van der Waals surface area contributed by atoms with Gasteiger partial charge in [-0.2, -0.15) is 0 Å². The fraction of sp³-hybridized carbons (Fsp3) is 0. The van der Waals surface area contributed by atoms with E-state index in [2.05, 4.69) is 27.2 Å². The van der Waals surface area contributed by atoms with Crippen LogP contribution in [-0.4, -0.2) is 26.4 Å². The second kappa shape index (κ2) is 5.25. The topological polar surface area (TPSA) is 101 Å². The van der Waals surface area contributed by atoms with E-state index in [0.717, 1.165) is 6.21 Å². The highest BCUT2D eigenvalue weighted by atomic mass is 35.5. The van der Waals surface area contributed by atoms with Gasteiger partial charge in [0.05, 0.1) is 0 Å². The Bertz CT molecular complexity index is 767. The molecular weight excluding hydrogens is 290 g/mol. The largest absolute Gasteiger partial charge is 0.506 e. The molecule has 2 rings (SSSR count). The van der Waals surface area contributed by atoms with Crippen molar-refractivity contribution in [3.8, 4) is 11.6 Å². The SMILES string of the molecule is O=c1[nH]c(=S)[nH]c(O)c1C=Nc1cc(Cl)ccc1O. The Labute approximate surface area is 117 Å². The van der Waals surface area contributed by atoms with Crippen LogP contribution in [0.15, 0.2) is 28.0 Å². The van der Waals surface area contributed by atoms with Crippen LogP contribution >= 0.6 is 23.8 Å². The number of rotatable bonds is 2. The normalized spacial score (nSPS) is 11.0. The molecule has 0 unspecified atom stereocenters. The van der Waals surface area contributed by atoms with Gasteiger partial charge in [-0.15, -0.1) is 0 Å². The van der Waals surface area contributed by atoms with Crippen molar-refractivity contribution in [1.29, 1.82) is 0 Å². The number of phenolic OH excluding ortho intramolecular Hbond substituents is 1.